The van der Waals surface area contributed by atoms with Gasteiger partial charge in [0.05, 0.1) is 18.2 Å². The number of alkyl halides is 3. The van der Waals surface area contributed by atoms with Gasteiger partial charge >= 0.3 is 12.1 Å². The standard InChI is InChI=1S/C28H28F3NO5/c1-3-19-16-23(10-7-20(19)8-12-26(33)34)37-22-6-4-5-18(15-22)13-14-32-27(35)24-11-9-21(28(29,30)31)17-25(24)36-2/h4-7,9-11,15-17H,3,8,12-14H2,1-2H3,(H,32,35)(H,33,34). The summed E-state index contributed by atoms with van der Waals surface area (Å²) in [7, 11) is 1.21. The van der Waals surface area contributed by atoms with Gasteiger partial charge in [-0.1, -0.05) is 25.1 Å². The lowest BCUT2D eigenvalue weighted by Gasteiger charge is -2.13. The zero-order chi connectivity index (χ0) is 27.0. The number of carbonyl (C=O) groups excluding carboxylic acids is 1. The third-order valence-corrected chi connectivity index (χ3v) is 5.77. The smallest absolute Gasteiger partial charge is 0.416 e. The minimum atomic E-state index is -4.53. The highest BCUT2D eigenvalue weighted by Gasteiger charge is 2.31. The Bertz CT molecular complexity index is 1260. The van der Waals surface area contributed by atoms with Crippen molar-refractivity contribution in [3.8, 4) is 17.2 Å². The minimum absolute atomic E-state index is 0.0195. The first-order valence-corrected chi connectivity index (χ1v) is 11.7. The summed E-state index contributed by atoms with van der Waals surface area (Å²) in [6, 6.07) is 15.7. The summed E-state index contributed by atoms with van der Waals surface area (Å²) >= 11 is 0. The molecule has 0 bridgehead atoms. The molecule has 1 amide bonds. The molecule has 0 heterocycles. The van der Waals surface area contributed by atoms with Crippen LogP contribution >= 0.6 is 0 Å². The van der Waals surface area contributed by atoms with Crippen LogP contribution in [0, 0.1) is 0 Å². The van der Waals surface area contributed by atoms with E-state index in [1.807, 2.05) is 37.3 Å². The summed E-state index contributed by atoms with van der Waals surface area (Å²) in [5.74, 6) is -0.283. The van der Waals surface area contributed by atoms with Gasteiger partial charge in [0.25, 0.3) is 5.91 Å². The first kappa shape index (κ1) is 27.6. The van der Waals surface area contributed by atoms with Crippen LogP contribution in [0.2, 0.25) is 0 Å². The van der Waals surface area contributed by atoms with Gasteiger partial charge in [0.15, 0.2) is 0 Å². The van der Waals surface area contributed by atoms with Crippen LogP contribution in [0.3, 0.4) is 0 Å². The van der Waals surface area contributed by atoms with Gasteiger partial charge in [-0.25, -0.2) is 0 Å². The predicted molar refractivity (Wildman–Crippen MR) is 132 cm³/mol. The van der Waals surface area contributed by atoms with E-state index in [1.165, 1.54) is 7.11 Å². The molecular weight excluding hydrogens is 487 g/mol. The molecular formula is C28H28F3NO5. The molecule has 6 nitrogen and oxygen atoms in total. The molecule has 0 spiro atoms. The number of benzene rings is 3. The van der Waals surface area contributed by atoms with Crippen LogP contribution in [0.4, 0.5) is 13.2 Å². The average molecular weight is 516 g/mol. The summed E-state index contributed by atoms with van der Waals surface area (Å²) in [6.45, 7) is 2.25. The molecule has 0 saturated heterocycles. The Morgan fingerprint density at radius 3 is 2.38 bits per heavy atom. The van der Waals surface area contributed by atoms with E-state index < -0.39 is 23.6 Å². The van der Waals surface area contributed by atoms with Gasteiger partial charge in [-0.2, -0.15) is 13.2 Å². The molecule has 2 N–H and O–H groups in total. The Morgan fingerprint density at radius 2 is 1.70 bits per heavy atom. The second-order valence-electron chi connectivity index (χ2n) is 8.35. The highest BCUT2D eigenvalue weighted by molar-refractivity contribution is 5.97. The number of ether oxygens (including phenoxy) is 2. The molecule has 0 radical (unpaired) electrons. The highest BCUT2D eigenvalue weighted by Crippen LogP contribution is 2.33. The van der Waals surface area contributed by atoms with Crippen molar-refractivity contribution in [3.63, 3.8) is 0 Å². The lowest BCUT2D eigenvalue weighted by molar-refractivity contribution is -0.138. The van der Waals surface area contributed by atoms with Crippen LogP contribution in [-0.2, 0) is 30.2 Å². The van der Waals surface area contributed by atoms with Crippen LogP contribution in [0.25, 0.3) is 0 Å². The minimum Gasteiger partial charge on any atom is -0.496 e. The van der Waals surface area contributed by atoms with E-state index in [0.29, 0.717) is 24.3 Å². The van der Waals surface area contributed by atoms with E-state index in [1.54, 1.807) is 12.1 Å². The number of aryl methyl sites for hydroxylation is 2. The Hall–Kier alpha value is -4.01. The van der Waals surface area contributed by atoms with Crippen molar-refractivity contribution < 1.29 is 37.3 Å². The first-order chi connectivity index (χ1) is 17.6. The van der Waals surface area contributed by atoms with Crippen molar-refractivity contribution in [2.75, 3.05) is 13.7 Å². The Balaban J connectivity index is 1.61. The second kappa shape index (κ2) is 12.3. The Labute approximate surface area is 213 Å². The van der Waals surface area contributed by atoms with Crippen LogP contribution < -0.4 is 14.8 Å². The fraction of sp³-hybridized carbons (Fsp3) is 0.286. The van der Waals surface area contributed by atoms with Crippen molar-refractivity contribution in [1.29, 1.82) is 0 Å². The second-order valence-corrected chi connectivity index (χ2v) is 8.35. The van der Waals surface area contributed by atoms with Gasteiger partial charge in [0.1, 0.15) is 17.2 Å². The number of aliphatic carboxylic acids is 1. The van der Waals surface area contributed by atoms with Crippen molar-refractivity contribution in [2.45, 2.75) is 38.8 Å². The summed E-state index contributed by atoms with van der Waals surface area (Å²) in [4.78, 5) is 23.4. The zero-order valence-electron chi connectivity index (χ0n) is 20.5. The summed E-state index contributed by atoms with van der Waals surface area (Å²) < 4.78 is 49.8. The van der Waals surface area contributed by atoms with Crippen molar-refractivity contribution in [1.82, 2.24) is 5.32 Å². The fourth-order valence-electron chi connectivity index (χ4n) is 3.85. The maximum atomic E-state index is 12.9. The number of hydrogen-bond acceptors (Lipinski definition) is 4. The monoisotopic (exact) mass is 515 g/mol. The molecule has 0 aliphatic carbocycles. The Kier molecular flexibility index (Phi) is 9.16. The maximum Gasteiger partial charge on any atom is 0.416 e. The number of carboxylic acids is 1. The van der Waals surface area contributed by atoms with Gasteiger partial charge in [-0.05, 0) is 78.4 Å². The molecule has 3 aromatic rings. The quantitative estimate of drug-likeness (QED) is 0.324. The third-order valence-electron chi connectivity index (χ3n) is 5.77. The molecule has 9 heteroatoms. The summed E-state index contributed by atoms with van der Waals surface area (Å²) in [5.41, 5.74) is 2.03. The van der Waals surface area contributed by atoms with Crippen molar-refractivity contribution in [2.24, 2.45) is 0 Å². The van der Waals surface area contributed by atoms with Crippen molar-refractivity contribution in [3.05, 3.63) is 88.5 Å². The fourth-order valence-corrected chi connectivity index (χ4v) is 3.85. The van der Waals surface area contributed by atoms with E-state index in [0.717, 1.165) is 41.3 Å². The number of hydrogen-bond donors (Lipinski definition) is 2. The van der Waals surface area contributed by atoms with Crippen molar-refractivity contribution >= 4 is 11.9 Å². The van der Waals surface area contributed by atoms with Gasteiger partial charge < -0.3 is 19.9 Å². The molecule has 0 aromatic heterocycles. The predicted octanol–water partition coefficient (Wildman–Crippen LogP) is 6.06. The van der Waals surface area contributed by atoms with Crippen LogP contribution in [-0.4, -0.2) is 30.6 Å². The number of rotatable bonds is 11. The molecule has 0 unspecified atom stereocenters. The molecule has 0 atom stereocenters. The molecule has 0 saturated carbocycles. The number of carboxylic acid groups (broad SMARTS) is 1. The van der Waals surface area contributed by atoms with Gasteiger partial charge in [0.2, 0.25) is 0 Å². The average Bonchev–Trinajstić information content (AvgIpc) is 2.87. The first-order valence-electron chi connectivity index (χ1n) is 11.7. The number of methoxy groups -OCH3 is 1. The number of halogens is 3. The van der Waals surface area contributed by atoms with E-state index in [4.69, 9.17) is 14.6 Å². The van der Waals surface area contributed by atoms with Gasteiger partial charge in [0, 0.05) is 13.0 Å². The lowest BCUT2D eigenvalue weighted by atomic mass is 10.0. The normalized spacial score (nSPS) is 11.2. The molecule has 196 valence electrons. The SMILES string of the molecule is CCc1cc(Oc2cccc(CCNC(=O)c3ccc(C(F)(F)F)cc3OC)c2)ccc1CCC(=O)O. The van der Waals surface area contributed by atoms with E-state index in [-0.39, 0.29) is 24.3 Å². The largest absolute Gasteiger partial charge is 0.496 e. The number of amides is 1. The molecule has 3 rings (SSSR count). The third kappa shape index (κ3) is 7.73. The molecule has 0 aliphatic rings. The molecule has 37 heavy (non-hydrogen) atoms. The molecule has 3 aromatic carbocycles. The molecule has 0 fully saturated rings. The van der Waals surface area contributed by atoms with Gasteiger partial charge in [-0.3, -0.25) is 9.59 Å². The topological polar surface area (TPSA) is 84.9 Å². The maximum absolute atomic E-state index is 12.9. The van der Waals surface area contributed by atoms with E-state index in [2.05, 4.69) is 5.32 Å². The molecule has 0 aliphatic heterocycles. The van der Waals surface area contributed by atoms with Crippen LogP contribution in [0.1, 0.15) is 46.0 Å². The van der Waals surface area contributed by atoms with Gasteiger partial charge in [-0.15, -0.1) is 0 Å². The summed E-state index contributed by atoms with van der Waals surface area (Å²) in [6.07, 6.45) is -2.79. The Morgan fingerprint density at radius 1 is 0.946 bits per heavy atom. The van der Waals surface area contributed by atoms with E-state index in [9.17, 15) is 22.8 Å². The summed E-state index contributed by atoms with van der Waals surface area (Å²) in [5, 5.41) is 11.6. The number of nitrogens with one attached hydrogen (secondary N) is 1. The highest BCUT2D eigenvalue weighted by atomic mass is 19.4. The van der Waals surface area contributed by atoms with Crippen LogP contribution in [0.15, 0.2) is 60.7 Å². The van der Waals surface area contributed by atoms with Crippen LogP contribution in [0.5, 0.6) is 17.2 Å². The lowest BCUT2D eigenvalue weighted by Crippen LogP contribution is -2.26. The van der Waals surface area contributed by atoms with E-state index >= 15 is 0 Å². The zero-order valence-corrected chi connectivity index (χ0v) is 20.5. The number of carbonyl (C=O) groups is 2.